The van der Waals surface area contributed by atoms with Gasteiger partial charge in [0, 0.05) is 29.4 Å². The van der Waals surface area contributed by atoms with Gasteiger partial charge in [0.25, 0.3) is 0 Å². The molecule has 8 nitrogen and oxygen atoms in total. The number of carbonyl (C=O) groups excluding carboxylic acids is 4. The van der Waals surface area contributed by atoms with E-state index in [2.05, 4.69) is 24.9 Å². The van der Waals surface area contributed by atoms with Gasteiger partial charge in [0.05, 0.1) is 6.10 Å². The largest absolute Gasteiger partial charge is 0.446 e. The number of amides is 1. The van der Waals surface area contributed by atoms with Gasteiger partial charge in [0.15, 0.2) is 11.8 Å². The highest BCUT2D eigenvalue weighted by molar-refractivity contribution is 7.80. The van der Waals surface area contributed by atoms with Gasteiger partial charge in [-0.05, 0) is 56.1 Å². The average Bonchev–Trinajstić information content (AvgIpc) is 3.10. The third-order valence-electron chi connectivity index (χ3n) is 9.25. The number of aliphatic hydroxyl groups is 1. The highest BCUT2D eigenvalue weighted by atomic mass is 35.5. The predicted molar refractivity (Wildman–Crippen MR) is 135 cm³/mol. The number of esters is 2. The Morgan fingerprint density at radius 1 is 1.31 bits per heavy atom. The lowest BCUT2D eigenvalue weighted by molar-refractivity contribution is -0.212. The Hall–Kier alpha value is -1.84. The highest BCUT2D eigenvalue weighted by Gasteiger charge is 2.71. The van der Waals surface area contributed by atoms with Crippen molar-refractivity contribution in [2.45, 2.75) is 70.6 Å². The lowest BCUT2D eigenvalue weighted by atomic mass is 9.46. The smallest absolute Gasteiger partial charge is 0.352 e. The Balaban J connectivity index is 1.72. The van der Waals surface area contributed by atoms with Gasteiger partial charge in [-0.3, -0.25) is 9.59 Å². The number of halogens is 1. The molecular weight excluding hydrogens is 506 g/mol. The first-order valence-corrected chi connectivity index (χ1v) is 13.6. The van der Waals surface area contributed by atoms with Crippen molar-refractivity contribution in [2.24, 2.45) is 28.6 Å². The Bertz CT molecular complexity index is 1030. The zero-order chi connectivity index (χ0) is 26.5. The second-order valence-electron chi connectivity index (χ2n) is 11.0. The summed E-state index contributed by atoms with van der Waals surface area (Å²) in [5.74, 6) is -2.13. The summed E-state index contributed by atoms with van der Waals surface area (Å²) in [6.07, 6.45) is 6.87. The molecule has 0 radical (unpaired) electrons. The summed E-state index contributed by atoms with van der Waals surface area (Å²) in [6, 6.07) is -1.44. The van der Waals surface area contributed by atoms with Crippen LogP contribution < -0.4 is 5.32 Å². The Labute approximate surface area is 221 Å². The summed E-state index contributed by atoms with van der Waals surface area (Å²) in [4.78, 5) is 50.3. The molecule has 0 aromatic carbocycles. The average molecular weight is 540 g/mol. The maximum Gasteiger partial charge on any atom is 0.352 e. The third-order valence-corrected chi connectivity index (χ3v) is 9.72. The van der Waals surface area contributed by atoms with Gasteiger partial charge in [-0.1, -0.05) is 37.1 Å². The fraction of sp³-hybridized carbons (Fsp3) is 0.692. The minimum Gasteiger partial charge on any atom is -0.446 e. The van der Waals surface area contributed by atoms with E-state index in [1.807, 2.05) is 13.0 Å². The summed E-state index contributed by atoms with van der Waals surface area (Å²) in [7, 11) is 0. The fourth-order valence-electron chi connectivity index (χ4n) is 7.69. The van der Waals surface area contributed by atoms with E-state index in [0.29, 0.717) is 6.42 Å². The number of nitrogens with one attached hydrogen (secondary N) is 1. The molecular formula is C26H34ClNO7S. The molecule has 10 heteroatoms. The molecule has 0 bridgehead atoms. The van der Waals surface area contributed by atoms with Crippen molar-refractivity contribution in [1.82, 2.24) is 5.32 Å². The van der Waals surface area contributed by atoms with Crippen LogP contribution in [0, 0.1) is 28.6 Å². The van der Waals surface area contributed by atoms with Crippen molar-refractivity contribution >= 4 is 47.9 Å². The zero-order valence-corrected chi connectivity index (χ0v) is 22.4. The maximum atomic E-state index is 13.5. The van der Waals surface area contributed by atoms with Crippen LogP contribution in [0.5, 0.6) is 0 Å². The van der Waals surface area contributed by atoms with Crippen LogP contribution in [0.2, 0.25) is 0 Å². The van der Waals surface area contributed by atoms with Crippen molar-refractivity contribution < 1.29 is 33.8 Å². The summed E-state index contributed by atoms with van der Waals surface area (Å²) < 4.78 is 11.2. The summed E-state index contributed by atoms with van der Waals surface area (Å²) in [6.45, 7) is 5.24. The summed E-state index contributed by atoms with van der Waals surface area (Å²) in [5, 5.41) is 14.1. The third kappa shape index (κ3) is 4.11. The highest BCUT2D eigenvalue weighted by Crippen LogP contribution is 2.68. The van der Waals surface area contributed by atoms with Crippen molar-refractivity contribution in [3.8, 4) is 0 Å². The second kappa shape index (κ2) is 9.80. The molecule has 3 fully saturated rings. The molecule has 0 aromatic heterocycles. The Morgan fingerprint density at radius 2 is 2.03 bits per heavy atom. The number of ketones is 1. The van der Waals surface area contributed by atoms with Crippen LogP contribution in [0.15, 0.2) is 23.8 Å². The molecule has 0 spiro atoms. The van der Waals surface area contributed by atoms with E-state index in [0.717, 1.165) is 18.4 Å². The number of carbonyl (C=O) groups is 4. The number of thiol groups is 1. The zero-order valence-electron chi connectivity index (χ0n) is 20.8. The number of hydrogen-bond donors (Lipinski definition) is 3. The first kappa shape index (κ1) is 27.2. The van der Waals surface area contributed by atoms with E-state index in [9.17, 15) is 24.3 Å². The molecule has 4 rings (SSSR count). The number of hydrogen-bond acceptors (Lipinski definition) is 8. The van der Waals surface area contributed by atoms with Gasteiger partial charge < -0.3 is 19.9 Å². The molecule has 36 heavy (non-hydrogen) atoms. The van der Waals surface area contributed by atoms with Crippen LogP contribution in [0.1, 0.15) is 52.9 Å². The standard InChI is InChI=1S/C26H34ClNO7S/c1-14(29)28-19(12-36)22(32)35-26(23(33)34-13-27)9-7-18-17-5-4-15-10-16(30)6-8-24(15,2)21(17)20(31)11-25(18,26)3/h6,8,10,17-21,31,36H,4-5,7,9,11-13H2,1-3H3,(H,28,29)/t17-,18-,19-,20-,21+,24-,25-,26-/m0/s1. The first-order chi connectivity index (χ1) is 16.9. The molecule has 4 aliphatic rings. The van der Waals surface area contributed by atoms with Crippen LogP contribution in [0.3, 0.4) is 0 Å². The molecule has 8 atom stereocenters. The van der Waals surface area contributed by atoms with E-state index >= 15 is 0 Å². The molecule has 4 aliphatic carbocycles. The van der Waals surface area contributed by atoms with Crippen LogP contribution >= 0.6 is 24.2 Å². The maximum absolute atomic E-state index is 13.5. The number of alkyl halides is 1. The molecule has 3 saturated carbocycles. The van der Waals surface area contributed by atoms with Gasteiger partial charge in [-0.15, -0.1) is 0 Å². The van der Waals surface area contributed by atoms with Crippen molar-refractivity contribution in [1.29, 1.82) is 0 Å². The van der Waals surface area contributed by atoms with Crippen LogP contribution in [-0.4, -0.2) is 58.3 Å². The lowest BCUT2D eigenvalue weighted by Crippen LogP contribution is -2.63. The predicted octanol–water partition coefficient (Wildman–Crippen LogP) is 2.72. The van der Waals surface area contributed by atoms with E-state index in [1.54, 1.807) is 12.2 Å². The number of fused-ring (bicyclic) bond motifs is 5. The minimum absolute atomic E-state index is 0.00889. The van der Waals surface area contributed by atoms with E-state index in [4.69, 9.17) is 21.1 Å². The van der Waals surface area contributed by atoms with E-state index in [1.165, 1.54) is 6.92 Å². The van der Waals surface area contributed by atoms with Crippen molar-refractivity contribution in [2.75, 3.05) is 11.8 Å². The van der Waals surface area contributed by atoms with Crippen LogP contribution in [0.25, 0.3) is 0 Å². The SMILES string of the molecule is CC(=O)N[C@@H](CS)C(=O)O[C@]1(C(=O)OCCl)CC[C@H]2[C@@H]3CCC4=CC(=O)C=C[C@]4(C)[C@H]3[C@@H](O)C[C@@]21C. The molecule has 0 aliphatic heterocycles. The first-order valence-electron chi connectivity index (χ1n) is 12.4. The Morgan fingerprint density at radius 3 is 2.67 bits per heavy atom. The van der Waals surface area contributed by atoms with Gasteiger partial charge in [0.2, 0.25) is 11.5 Å². The molecule has 2 N–H and O–H groups in total. The number of rotatable bonds is 6. The molecule has 0 saturated heterocycles. The van der Waals surface area contributed by atoms with Crippen molar-refractivity contribution in [3.63, 3.8) is 0 Å². The van der Waals surface area contributed by atoms with Gasteiger partial charge >= 0.3 is 11.9 Å². The minimum atomic E-state index is -1.66. The summed E-state index contributed by atoms with van der Waals surface area (Å²) in [5.41, 5.74) is -2.01. The number of ether oxygens (including phenoxy) is 2. The molecule has 0 aromatic rings. The summed E-state index contributed by atoms with van der Waals surface area (Å²) >= 11 is 9.92. The molecule has 0 heterocycles. The van der Waals surface area contributed by atoms with Gasteiger partial charge in [-0.2, -0.15) is 12.6 Å². The van der Waals surface area contributed by atoms with E-state index < -0.39 is 52.5 Å². The monoisotopic (exact) mass is 539 g/mol. The van der Waals surface area contributed by atoms with Gasteiger partial charge in [0.1, 0.15) is 6.04 Å². The molecule has 0 unspecified atom stereocenters. The number of aliphatic hydroxyl groups excluding tert-OH is 1. The topological polar surface area (TPSA) is 119 Å². The lowest BCUT2D eigenvalue weighted by Gasteiger charge is -2.59. The van der Waals surface area contributed by atoms with Crippen molar-refractivity contribution in [3.05, 3.63) is 23.8 Å². The second-order valence-corrected chi connectivity index (χ2v) is 11.6. The van der Waals surface area contributed by atoms with Crippen LogP contribution in [0.4, 0.5) is 0 Å². The van der Waals surface area contributed by atoms with Crippen LogP contribution in [-0.2, 0) is 28.7 Å². The molecule has 198 valence electrons. The normalized spacial score (nSPS) is 39.7. The fourth-order valence-corrected chi connectivity index (χ4v) is 8.03. The van der Waals surface area contributed by atoms with E-state index in [-0.39, 0.29) is 42.1 Å². The quantitative estimate of drug-likeness (QED) is 0.270. The number of allylic oxidation sites excluding steroid dienone is 4. The molecule has 1 amide bonds. The van der Waals surface area contributed by atoms with Gasteiger partial charge in [-0.25, -0.2) is 9.59 Å². The Kier molecular flexibility index (Phi) is 7.40.